The summed E-state index contributed by atoms with van der Waals surface area (Å²) < 4.78 is 12.7. The van der Waals surface area contributed by atoms with E-state index >= 15 is 0 Å². The summed E-state index contributed by atoms with van der Waals surface area (Å²) in [4.78, 5) is 4.18. The van der Waals surface area contributed by atoms with Crippen LogP contribution >= 0.6 is 0 Å². The summed E-state index contributed by atoms with van der Waals surface area (Å²) >= 11 is 0. The molecule has 0 aromatic heterocycles. The Bertz CT molecular complexity index is 413. The van der Waals surface area contributed by atoms with Gasteiger partial charge in [-0.25, -0.2) is 9.38 Å². The van der Waals surface area contributed by atoms with Crippen LogP contribution in [0.4, 0.5) is 4.39 Å². The van der Waals surface area contributed by atoms with E-state index in [1.807, 2.05) is 0 Å². The molecule has 0 saturated heterocycles. The van der Waals surface area contributed by atoms with Gasteiger partial charge in [0.05, 0.1) is 11.4 Å². The number of halogens is 1. The summed E-state index contributed by atoms with van der Waals surface area (Å²) in [5.41, 5.74) is 2.00. The molecule has 1 aromatic rings. The van der Waals surface area contributed by atoms with Gasteiger partial charge in [-0.3, -0.25) is 0 Å². The molecule has 1 rings (SSSR count). The van der Waals surface area contributed by atoms with Gasteiger partial charge in [0.25, 0.3) is 0 Å². The summed E-state index contributed by atoms with van der Waals surface area (Å²) in [5, 5.41) is 0. The van der Waals surface area contributed by atoms with Gasteiger partial charge < -0.3 is 0 Å². The Labute approximate surface area is 89.0 Å². The van der Waals surface area contributed by atoms with Gasteiger partial charge in [0, 0.05) is 5.56 Å². The summed E-state index contributed by atoms with van der Waals surface area (Å²) in [6.07, 6.45) is 3.15. The zero-order valence-electron chi connectivity index (χ0n) is 8.41. The van der Waals surface area contributed by atoms with Crippen LogP contribution in [0, 0.1) is 5.82 Å². The number of hydrogen-bond donors (Lipinski definition) is 0. The fraction of sp³-hybridized carbons (Fsp3) is 0. The predicted molar refractivity (Wildman–Crippen MR) is 62.5 cm³/mol. The molecule has 1 aromatic carbocycles. The van der Waals surface area contributed by atoms with Crippen LogP contribution in [0.25, 0.3) is 0 Å². The quantitative estimate of drug-likeness (QED) is 0.522. The highest BCUT2D eigenvalue weighted by Crippen LogP contribution is 2.07. The van der Waals surface area contributed by atoms with E-state index in [1.54, 1.807) is 24.3 Å². The molecule has 0 spiro atoms. The van der Waals surface area contributed by atoms with Crippen molar-refractivity contribution >= 4 is 5.71 Å². The lowest BCUT2D eigenvalue weighted by atomic mass is 10.1. The van der Waals surface area contributed by atoms with Crippen LogP contribution in [0.1, 0.15) is 5.56 Å². The Kier molecular flexibility index (Phi) is 3.75. The van der Waals surface area contributed by atoms with Gasteiger partial charge in [0.15, 0.2) is 0 Å². The van der Waals surface area contributed by atoms with Crippen LogP contribution in [0.3, 0.4) is 0 Å². The number of allylic oxidation sites excluding steroid dienone is 2. The lowest BCUT2D eigenvalue weighted by Crippen LogP contribution is -1.96. The number of hydrogen-bond acceptors (Lipinski definition) is 1. The SMILES string of the molecule is C=CC(=C)N=C(C=C)c1ccc(F)cc1. The van der Waals surface area contributed by atoms with Gasteiger partial charge in [-0.1, -0.05) is 19.7 Å². The second kappa shape index (κ2) is 5.05. The minimum absolute atomic E-state index is 0.273. The molecule has 0 atom stereocenters. The molecule has 0 aliphatic heterocycles. The number of aliphatic imine (C=N–C) groups is 1. The fourth-order valence-corrected chi connectivity index (χ4v) is 1.05. The van der Waals surface area contributed by atoms with Gasteiger partial charge in [-0.15, -0.1) is 0 Å². The van der Waals surface area contributed by atoms with Crippen LogP contribution in [-0.4, -0.2) is 5.71 Å². The van der Waals surface area contributed by atoms with Crippen LogP contribution < -0.4 is 0 Å². The highest BCUT2D eigenvalue weighted by Gasteiger charge is 1.99. The molecular weight excluding hydrogens is 189 g/mol. The molecule has 0 amide bonds. The summed E-state index contributed by atoms with van der Waals surface area (Å²) in [7, 11) is 0. The Hall–Kier alpha value is -1.96. The zero-order valence-corrected chi connectivity index (χ0v) is 8.41. The Morgan fingerprint density at radius 1 is 1.13 bits per heavy atom. The number of rotatable bonds is 4. The topological polar surface area (TPSA) is 12.4 Å². The van der Waals surface area contributed by atoms with Crippen LogP contribution in [-0.2, 0) is 0 Å². The zero-order chi connectivity index (χ0) is 11.3. The maximum atomic E-state index is 12.7. The molecule has 0 unspecified atom stereocenters. The molecule has 0 saturated carbocycles. The molecular formula is C13H12FN. The van der Waals surface area contributed by atoms with Gasteiger partial charge >= 0.3 is 0 Å². The van der Waals surface area contributed by atoms with E-state index in [-0.39, 0.29) is 5.82 Å². The van der Waals surface area contributed by atoms with Crippen molar-refractivity contribution in [3.8, 4) is 0 Å². The second-order valence-electron chi connectivity index (χ2n) is 2.90. The lowest BCUT2D eigenvalue weighted by molar-refractivity contribution is 0.628. The molecule has 0 aliphatic rings. The fourth-order valence-electron chi connectivity index (χ4n) is 1.05. The Morgan fingerprint density at radius 2 is 1.73 bits per heavy atom. The molecule has 15 heavy (non-hydrogen) atoms. The van der Waals surface area contributed by atoms with Crippen molar-refractivity contribution in [1.29, 1.82) is 0 Å². The van der Waals surface area contributed by atoms with Crippen molar-refractivity contribution in [3.05, 3.63) is 73.2 Å². The third kappa shape index (κ3) is 3.02. The molecule has 0 radical (unpaired) electrons. The molecule has 0 fully saturated rings. The first-order valence-electron chi connectivity index (χ1n) is 4.45. The minimum atomic E-state index is -0.273. The van der Waals surface area contributed by atoms with Gasteiger partial charge in [0.2, 0.25) is 0 Å². The van der Waals surface area contributed by atoms with Gasteiger partial charge in [0.1, 0.15) is 5.82 Å². The van der Waals surface area contributed by atoms with Crippen molar-refractivity contribution in [2.45, 2.75) is 0 Å². The smallest absolute Gasteiger partial charge is 0.123 e. The van der Waals surface area contributed by atoms with Crippen molar-refractivity contribution in [1.82, 2.24) is 0 Å². The number of benzene rings is 1. The molecule has 0 aliphatic carbocycles. The number of nitrogens with zero attached hydrogens (tertiary/aromatic N) is 1. The highest BCUT2D eigenvalue weighted by molar-refractivity contribution is 6.08. The first-order chi connectivity index (χ1) is 7.17. The standard InChI is InChI=1S/C13H12FN/c1-4-10(3)15-13(5-2)11-6-8-12(14)9-7-11/h4-9H,1-3H2. The molecule has 0 heterocycles. The van der Waals surface area contributed by atoms with Gasteiger partial charge in [-0.2, -0.15) is 0 Å². The van der Waals surface area contributed by atoms with Crippen LogP contribution in [0.2, 0.25) is 0 Å². The highest BCUT2D eigenvalue weighted by atomic mass is 19.1. The van der Waals surface area contributed by atoms with Gasteiger partial charge in [-0.05, 0) is 36.4 Å². The van der Waals surface area contributed by atoms with E-state index in [4.69, 9.17) is 0 Å². The maximum absolute atomic E-state index is 12.7. The molecule has 0 N–H and O–H groups in total. The minimum Gasteiger partial charge on any atom is -0.249 e. The average molecular weight is 201 g/mol. The van der Waals surface area contributed by atoms with Crippen LogP contribution in [0.15, 0.2) is 66.8 Å². The molecule has 0 bridgehead atoms. The van der Waals surface area contributed by atoms with Crippen molar-refractivity contribution in [3.63, 3.8) is 0 Å². The van der Waals surface area contributed by atoms with E-state index in [2.05, 4.69) is 24.7 Å². The molecule has 2 heteroatoms. The molecule has 1 nitrogen and oxygen atoms in total. The summed E-state index contributed by atoms with van der Waals surface area (Å²) in [6.45, 7) is 10.9. The Morgan fingerprint density at radius 3 is 2.20 bits per heavy atom. The monoisotopic (exact) mass is 201 g/mol. The second-order valence-corrected chi connectivity index (χ2v) is 2.90. The van der Waals surface area contributed by atoms with E-state index in [0.717, 1.165) is 5.56 Å². The van der Waals surface area contributed by atoms with E-state index in [0.29, 0.717) is 11.4 Å². The average Bonchev–Trinajstić information content (AvgIpc) is 2.27. The Balaban J connectivity index is 3.07. The normalized spacial score (nSPS) is 10.9. The van der Waals surface area contributed by atoms with Crippen molar-refractivity contribution in [2.75, 3.05) is 0 Å². The largest absolute Gasteiger partial charge is 0.249 e. The summed E-state index contributed by atoms with van der Waals surface area (Å²) in [5.74, 6) is -0.273. The van der Waals surface area contributed by atoms with E-state index in [9.17, 15) is 4.39 Å². The first kappa shape index (κ1) is 11.1. The maximum Gasteiger partial charge on any atom is 0.123 e. The third-order valence-electron chi connectivity index (χ3n) is 1.83. The summed E-state index contributed by atoms with van der Waals surface area (Å²) in [6, 6.07) is 6.05. The van der Waals surface area contributed by atoms with E-state index in [1.165, 1.54) is 12.1 Å². The lowest BCUT2D eigenvalue weighted by Gasteiger charge is -2.01. The van der Waals surface area contributed by atoms with E-state index < -0.39 is 0 Å². The first-order valence-corrected chi connectivity index (χ1v) is 4.45. The molecule has 76 valence electrons. The van der Waals surface area contributed by atoms with Crippen molar-refractivity contribution < 1.29 is 4.39 Å². The third-order valence-corrected chi connectivity index (χ3v) is 1.83. The van der Waals surface area contributed by atoms with Crippen molar-refractivity contribution in [2.24, 2.45) is 4.99 Å². The predicted octanol–water partition coefficient (Wildman–Crippen LogP) is 3.50. The van der Waals surface area contributed by atoms with Crippen LogP contribution in [0.5, 0.6) is 0 Å².